The molecule has 0 amide bonds. The first-order chi connectivity index (χ1) is 9.68. The number of halogens is 7. The van der Waals surface area contributed by atoms with E-state index in [2.05, 4.69) is 15.9 Å². The van der Waals surface area contributed by atoms with Crippen LogP contribution in [0.2, 0.25) is 0 Å². The van der Waals surface area contributed by atoms with Crippen LogP contribution >= 0.6 is 15.9 Å². The van der Waals surface area contributed by atoms with Gasteiger partial charge in [-0.1, -0.05) is 0 Å². The molecule has 0 heterocycles. The van der Waals surface area contributed by atoms with Gasteiger partial charge in [-0.05, 0) is 46.3 Å². The van der Waals surface area contributed by atoms with Gasteiger partial charge in [-0.25, -0.2) is 13.2 Å². The first kappa shape index (κ1) is 15.7. The zero-order valence-electron chi connectivity index (χ0n) is 9.94. The lowest BCUT2D eigenvalue weighted by Crippen LogP contribution is -2.07. The molecule has 8 heteroatoms. The maximum Gasteiger partial charge on any atom is 0.416 e. The fraction of sp³-hybridized carbons (Fsp3) is 0.0769. The van der Waals surface area contributed by atoms with Gasteiger partial charge in [-0.15, -0.1) is 0 Å². The van der Waals surface area contributed by atoms with E-state index < -0.39 is 34.9 Å². The molecule has 0 saturated heterocycles. The minimum Gasteiger partial charge on any atom is -0.450 e. The van der Waals surface area contributed by atoms with Crippen molar-refractivity contribution >= 4 is 15.9 Å². The second-order valence-corrected chi connectivity index (χ2v) is 4.80. The standard InChI is InChI=1S/C13H5BrF6O/c14-8-5-7(15)1-2-11(8)21-12-9(16)3-6(4-10(12)17)13(18,19)20/h1-5H. The van der Waals surface area contributed by atoms with Crippen molar-refractivity contribution in [3.8, 4) is 11.5 Å². The van der Waals surface area contributed by atoms with Crippen molar-refractivity contribution in [3.63, 3.8) is 0 Å². The van der Waals surface area contributed by atoms with E-state index >= 15 is 0 Å². The minimum absolute atomic E-state index is 0.0567. The summed E-state index contributed by atoms with van der Waals surface area (Å²) in [5, 5.41) is 0. The zero-order valence-corrected chi connectivity index (χ0v) is 11.5. The lowest BCUT2D eigenvalue weighted by molar-refractivity contribution is -0.138. The van der Waals surface area contributed by atoms with Crippen LogP contribution in [0.15, 0.2) is 34.8 Å². The monoisotopic (exact) mass is 370 g/mol. The fourth-order valence-electron chi connectivity index (χ4n) is 1.49. The Labute approximate surface area is 123 Å². The van der Waals surface area contributed by atoms with Gasteiger partial charge in [0.2, 0.25) is 0 Å². The highest BCUT2D eigenvalue weighted by Gasteiger charge is 2.33. The highest BCUT2D eigenvalue weighted by Crippen LogP contribution is 2.37. The number of alkyl halides is 3. The maximum absolute atomic E-state index is 13.6. The summed E-state index contributed by atoms with van der Waals surface area (Å²) in [4.78, 5) is 0. The average molecular weight is 371 g/mol. The predicted molar refractivity (Wildman–Crippen MR) is 65.5 cm³/mol. The van der Waals surface area contributed by atoms with Crippen molar-refractivity contribution in [2.24, 2.45) is 0 Å². The van der Waals surface area contributed by atoms with Gasteiger partial charge in [0.15, 0.2) is 17.4 Å². The Hall–Kier alpha value is -1.70. The van der Waals surface area contributed by atoms with Gasteiger partial charge in [-0.3, -0.25) is 0 Å². The number of hydrogen-bond acceptors (Lipinski definition) is 1. The molecule has 0 aliphatic carbocycles. The molecular weight excluding hydrogens is 366 g/mol. The summed E-state index contributed by atoms with van der Waals surface area (Å²) in [7, 11) is 0. The van der Waals surface area contributed by atoms with Gasteiger partial charge in [0, 0.05) is 0 Å². The Morgan fingerprint density at radius 3 is 1.95 bits per heavy atom. The quantitative estimate of drug-likeness (QED) is 0.618. The molecule has 2 rings (SSSR count). The topological polar surface area (TPSA) is 9.23 Å². The van der Waals surface area contributed by atoms with Gasteiger partial charge >= 0.3 is 6.18 Å². The Bertz CT molecular complexity index is 660. The summed E-state index contributed by atoms with van der Waals surface area (Å²) < 4.78 is 82.1. The Morgan fingerprint density at radius 2 is 1.48 bits per heavy atom. The first-order valence-electron chi connectivity index (χ1n) is 5.37. The van der Waals surface area contributed by atoms with Crippen molar-refractivity contribution in [2.75, 3.05) is 0 Å². The van der Waals surface area contributed by atoms with E-state index in [1.807, 2.05) is 0 Å². The molecule has 2 aromatic rings. The third-order valence-corrected chi connectivity index (χ3v) is 3.05. The van der Waals surface area contributed by atoms with Crippen LogP contribution in [-0.4, -0.2) is 0 Å². The van der Waals surface area contributed by atoms with Crippen LogP contribution in [0.3, 0.4) is 0 Å². The van der Waals surface area contributed by atoms with E-state index in [0.29, 0.717) is 0 Å². The third kappa shape index (κ3) is 3.49. The molecule has 0 spiro atoms. The molecule has 0 fully saturated rings. The summed E-state index contributed by atoms with van der Waals surface area (Å²) in [6, 6.07) is 3.27. The van der Waals surface area contributed by atoms with Crippen LogP contribution in [0, 0.1) is 17.5 Å². The van der Waals surface area contributed by atoms with Gasteiger partial charge in [0.1, 0.15) is 11.6 Å². The summed E-state index contributed by atoms with van der Waals surface area (Å²) in [5.41, 5.74) is -1.47. The van der Waals surface area contributed by atoms with Crippen molar-refractivity contribution in [1.82, 2.24) is 0 Å². The second-order valence-electron chi connectivity index (χ2n) is 3.94. The highest BCUT2D eigenvalue weighted by atomic mass is 79.9. The molecule has 0 N–H and O–H groups in total. The summed E-state index contributed by atoms with van der Waals surface area (Å²) >= 11 is 2.91. The molecule has 0 radical (unpaired) electrons. The first-order valence-corrected chi connectivity index (χ1v) is 6.17. The molecule has 0 unspecified atom stereocenters. The van der Waals surface area contributed by atoms with E-state index in [9.17, 15) is 26.3 Å². The average Bonchev–Trinajstić information content (AvgIpc) is 2.34. The van der Waals surface area contributed by atoms with Crippen LogP contribution in [-0.2, 0) is 6.18 Å². The zero-order chi connectivity index (χ0) is 15.8. The molecule has 21 heavy (non-hydrogen) atoms. The summed E-state index contributed by atoms with van der Waals surface area (Å²) in [5.74, 6) is -4.80. The van der Waals surface area contributed by atoms with Crippen molar-refractivity contribution < 1.29 is 31.1 Å². The molecule has 0 aliphatic rings. The molecule has 0 aliphatic heterocycles. The normalized spacial score (nSPS) is 11.6. The van der Waals surface area contributed by atoms with Crippen LogP contribution in [0.4, 0.5) is 26.3 Å². The highest BCUT2D eigenvalue weighted by molar-refractivity contribution is 9.10. The van der Waals surface area contributed by atoms with E-state index in [-0.39, 0.29) is 22.4 Å². The van der Waals surface area contributed by atoms with Crippen LogP contribution in [0.1, 0.15) is 5.56 Å². The Balaban J connectivity index is 2.41. The van der Waals surface area contributed by atoms with E-state index in [4.69, 9.17) is 4.74 Å². The smallest absolute Gasteiger partial charge is 0.416 e. The number of benzene rings is 2. The van der Waals surface area contributed by atoms with E-state index in [1.54, 1.807) is 0 Å². The van der Waals surface area contributed by atoms with E-state index in [1.165, 1.54) is 0 Å². The number of hydrogen-bond donors (Lipinski definition) is 0. The minimum atomic E-state index is -4.88. The van der Waals surface area contributed by atoms with Crippen molar-refractivity contribution in [1.29, 1.82) is 0 Å². The lowest BCUT2D eigenvalue weighted by atomic mass is 10.2. The molecule has 0 bridgehead atoms. The Morgan fingerprint density at radius 1 is 0.905 bits per heavy atom. The summed E-state index contributed by atoms with van der Waals surface area (Å²) in [6.07, 6.45) is -4.88. The molecule has 112 valence electrons. The van der Waals surface area contributed by atoms with Gasteiger partial charge in [-0.2, -0.15) is 13.2 Å². The molecule has 0 aromatic heterocycles. The summed E-state index contributed by atoms with van der Waals surface area (Å²) in [6.45, 7) is 0. The Kier molecular flexibility index (Phi) is 4.18. The molecule has 0 atom stereocenters. The molecular formula is C13H5BrF6O. The maximum atomic E-state index is 13.6. The number of ether oxygens (including phenoxy) is 1. The largest absolute Gasteiger partial charge is 0.450 e. The predicted octanol–water partition coefficient (Wildman–Crippen LogP) is 5.68. The lowest BCUT2D eigenvalue weighted by Gasteiger charge is -2.12. The van der Waals surface area contributed by atoms with Crippen LogP contribution in [0.5, 0.6) is 11.5 Å². The van der Waals surface area contributed by atoms with Crippen LogP contribution in [0.25, 0.3) is 0 Å². The molecule has 0 saturated carbocycles. The van der Waals surface area contributed by atoms with Crippen LogP contribution < -0.4 is 4.74 Å². The third-order valence-electron chi connectivity index (χ3n) is 2.43. The SMILES string of the molecule is Fc1ccc(Oc2c(F)cc(C(F)(F)F)cc2F)c(Br)c1. The van der Waals surface area contributed by atoms with Gasteiger partial charge < -0.3 is 4.74 Å². The second kappa shape index (κ2) is 5.59. The molecule has 2 aromatic carbocycles. The van der Waals surface area contributed by atoms with Gasteiger partial charge in [0.05, 0.1) is 10.0 Å². The molecule has 1 nitrogen and oxygen atoms in total. The fourth-order valence-corrected chi connectivity index (χ4v) is 1.92. The van der Waals surface area contributed by atoms with Crippen molar-refractivity contribution in [3.05, 3.63) is 57.8 Å². The van der Waals surface area contributed by atoms with Gasteiger partial charge in [0.25, 0.3) is 0 Å². The van der Waals surface area contributed by atoms with E-state index in [0.717, 1.165) is 18.2 Å². The van der Waals surface area contributed by atoms with Crippen molar-refractivity contribution in [2.45, 2.75) is 6.18 Å². The number of rotatable bonds is 2.